The molecular weight excluding hydrogens is 522 g/mol. The summed E-state index contributed by atoms with van der Waals surface area (Å²) in [5.74, 6) is 1.93. The molecule has 2 atom stereocenters. The summed E-state index contributed by atoms with van der Waals surface area (Å²) in [6, 6.07) is 18.3. The van der Waals surface area contributed by atoms with Crippen LogP contribution in [-0.2, 0) is 22.6 Å². The molecule has 2 aliphatic heterocycles. The largest absolute Gasteiger partial charge is 0.494 e. The lowest BCUT2D eigenvalue weighted by molar-refractivity contribution is -0.159. The number of aromatic nitrogens is 1. The summed E-state index contributed by atoms with van der Waals surface area (Å²) in [4.78, 5) is 35.2. The molecular formula is C32H33N3O6. The van der Waals surface area contributed by atoms with Crippen LogP contribution in [0, 0.1) is 0 Å². The van der Waals surface area contributed by atoms with Crippen molar-refractivity contribution in [1.82, 2.24) is 14.8 Å². The molecule has 3 aromatic carbocycles. The second-order valence-corrected chi connectivity index (χ2v) is 10.2. The Kier molecular flexibility index (Phi) is 6.95. The maximum atomic E-state index is 14.2. The molecule has 1 saturated heterocycles. The third-order valence-electron chi connectivity index (χ3n) is 7.95. The highest BCUT2D eigenvalue weighted by atomic mass is 16.5. The quantitative estimate of drug-likeness (QED) is 0.345. The van der Waals surface area contributed by atoms with Crippen molar-refractivity contribution < 1.29 is 28.5 Å². The fourth-order valence-electron chi connectivity index (χ4n) is 6.22. The highest BCUT2D eigenvalue weighted by Crippen LogP contribution is 2.45. The van der Waals surface area contributed by atoms with E-state index in [4.69, 9.17) is 18.9 Å². The number of ether oxygens (including phenoxy) is 4. The minimum absolute atomic E-state index is 0.0468. The number of aromatic amines is 1. The third-order valence-corrected chi connectivity index (χ3v) is 7.95. The van der Waals surface area contributed by atoms with Gasteiger partial charge in [0, 0.05) is 35.1 Å². The van der Waals surface area contributed by atoms with E-state index in [0.29, 0.717) is 36.0 Å². The fourth-order valence-corrected chi connectivity index (χ4v) is 6.22. The van der Waals surface area contributed by atoms with Crippen LogP contribution >= 0.6 is 0 Å². The van der Waals surface area contributed by atoms with Crippen molar-refractivity contribution in [2.45, 2.75) is 32.0 Å². The molecule has 0 saturated carbocycles. The Labute approximate surface area is 238 Å². The van der Waals surface area contributed by atoms with Crippen molar-refractivity contribution in [2.24, 2.45) is 0 Å². The molecule has 9 heteroatoms. The number of para-hydroxylation sites is 2. The van der Waals surface area contributed by atoms with Gasteiger partial charge in [-0.3, -0.25) is 9.59 Å². The lowest BCUT2D eigenvalue weighted by atomic mass is 9.85. The topological polar surface area (TPSA) is 93.3 Å². The number of nitrogens with zero attached hydrogens (tertiary/aromatic N) is 2. The van der Waals surface area contributed by atoms with Gasteiger partial charge in [-0.15, -0.1) is 0 Å². The smallest absolute Gasteiger partial charge is 0.246 e. The lowest BCUT2D eigenvalue weighted by Gasteiger charge is -2.47. The van der Waals surface area contributed by atoms with E-state index in [1.54, 1.807) is 31.1 Å². The first-order valence-electron chi connectivity index (χ1n) is 13.7. The average molecular weight is 556 g/mol. The number of piperazine rings is 1. The maximum Gasteiger partial charge on any atom is 0.246 e. The van der Waals surface area contributed by atoms with E-state index < -0.39 is 12.1 Å². The molecule has 0 bridgehead atoms. The van der Waals surface area contributed by atoms with Crippen LogP contribution in [0.3, 0.4) is 0 Å². The standard InChI is InChI=1S/C32H33N3O6/c1-5-41-25-13-9-7-11-21(25)30-29-22(20-10-6-8-12-23(20)33-29)16-24-32(37)34(18-28(36)35(24)30)17-19-14-26(38-2)31(40-4)27(15-19)39-3/h6-15,24,30,33H,5,16-18H2,1-4H3. The van der Waals surface area contributed by atoms with E-state index in [-0.39, 0.29) is 24.9 Å². The summed E-state index contributed by atoms with van der Waals surface area (Å²) in [7, 11) is 4.65. The summed E-state index contributed by atoms with van der Waals surface area (Å²) < 4.78 is 22.5. The van der Waals surface area contributed by atoms with Crippen molar-refractivity contribution in [2.75, 3.05) is 34.5 Å². The Morgan fingerprint density at radius 3 is 2.32 bits per heavy atom. The zero-order valence-corrected chi connectivity index (χ0v) is 23.6. The Morgan fingerprint density at radius 2 is 1.61 bits per heavy atom. The minimum Gasteiger partial charge on any atom is -0.494 e. The van der Waals surface area contributed by atoms with Crippen LogP contribution in [0.2, 0.25) is 0 Å². The number of carbonyl (C=O) groups is 2. The second kappa shape index (κ2) is 10.7. The highest BCUT2D eigenvalue weighted by Gasteiger charge is 2.48. The van der Waals surface area contributed by atoms with Crippen LogP contribution in [0.25, 0.3) is 10.9 Å². The van der Waals surface area contributed by atoms with Crippen molar-refractivity contribution in [3.05, 3.63) is 83.0 Å². The molecule has 4 aromatic rings. The molecule has 2 amide bonds. The average Bonchev–Trinajstić information content (AvgIpc) is 3.37. The van der Waals surface area contributed by atoms with E-state index in [2.05, 4.69) is 11.1 Å². The molecule has 0 radical (unpaired) electrons. The molecule has 0 spiro atoms. The number of amides is 2. The van der Waals surface area contributed by atoms with Gasteiger partial charge in [-0.2, -0.15) is 0 Å². The summed E-state index contributed by atoms with van der Waals surface area (Å²) in [6.07, 6.45) is 0.420. The zero-order valence-electron chi connectivity index (χ0n) is 23.6. The number of H-pyrrole nitrogens is 1. The van der Waals surface area contributed by atoms with Gasteiger partial charge in [0.2, 0.25) is 17.6 Å². The van der Waals surface area contributed by atoms with E-state index >= 15 is 0 Å². The summed E-state index contributed by atoms with van der Waals surface area (Å²) in [5.41, 5.74) is 4.58. The molecule has 3 heterocycles. The van der Waals surface area contributed by atoms with Crippen LogP contribution < -0.4 is 18.9 Å². The molecule has 9 nitrogen and oxygen atoms in total. The van der Waals surface area contributed by atoms with Gasteiger partial charge in [-0.1, -0.05) is 36.4 Å². The van der Waals surface area contributed by atoms with Crippen LogP contribution in [0.5, 0.6) is 23.0 Å². The summed E-state index contributed by atoms with van der Waals surface area (Å²) >= 11 is 0. The summed E-state index contributed by atoms with van der Waals surface area (Å²) in [5, 5.41) is 1.06. The van der Waals surface area contributed by atoms with Crippen LogP contribution in [0.4, 0.5) is 0 Å². The van der Waals surface area contributed by atoms with Gasteiger partial charge in [0.25, 0.3) is 0 Å². The van der Waals surface area contributed by atoms with Gasteiger partial charge in [0.1, 0.15) is 24.4 Å². The number of benzene rings is 3. The van der Waals surface area contributed by atoms with Crippen molar-refractivity contribution in [1.29, 1.82) is 0 Å². The molecule has 1 aromatic heterocycles. The number of methoxy groups -OCH3 is 3. The lowest BCUT2D eigenvalue weighted by Crippen LogP contribution is -2.62. The van der Waals surface area contributed by atoms with Crippen molar-refractivity contribution >= 4 is 22.7 Å². The van der Waals surface area contributed by atoms with Gasteiger partial charge in [-0.25, -0.2) is 0 Å². The first-order chi connectivity index (χ1) is 20.0. The highest BCUT2D eigenvalue weighted by molar-refractivity contribution is 5.97. The molecule has 0 aliphatic carbocycles. The van der Waals surface area contributed by atoms with Gasteiger partial charge in [0.15, 0.2) is 11.5 Å². The van der Waals surface area contributed by atoms with Gasteiger partial charge in [0.05, 0.1) is 27.9 Å². The Bertz CT molecular complexity index is 1600. The molecule has 41 heavy (non-hydrogen) atoms. The van der Waals surface area contributed by atoms with E-state index in [1.165, 1.54) is 0 Å². The van der Waals surface area contributed by atoms with Crippen LogP contribution in [0.15, 0.2) is 60.7 Å². The maximum absolute atomic E-state index is 14.2. The summed E-state index contributed by atoms with van der Waals surface area (Å²) in [6.45, 7) is 2.61. The predicted octanol–water partition coefficient (Wildman–Crippen LogP) is 4.48. The predicted molar refractivity (Wildman–Crippen MR) is 154 cm³/mol. The molecule has 2 aliphatic rings. The van der Waals surface area contributed by atoms with Crippen LogP contribution in [-0.4, -0.2) is 67.1 Å². The molecule has 6 rings (SSSR count). The number of carbonyl (C=O) groups excluding carboxylic acids is 2. The SMILES string of the molecule is CCOc1ccccc1C1c2[nH]c3ccccc3c2CC2C(=O)N(Cc3cc(OC)c(OC)c(OC)c3)CC(=O)N21. The Balaban J connectivity index is 1.42. The molecule has 1 N–H and O–H groups in total. The molecule has 1 fully saturated rings. The first kappa shape index (κ1) is 26.6. The van der Waals surface area contributed by atoms with E-state index in [0.717, 1.165) is 33.3 Å². The third kappa shape index (κ3) is 4.41. The van der Waals surface area contributed by atoms with Gasteiger partial charge in [-0.05, 0) is 42.3 Å². The number of nitrogens with one attached hydrogen (secondary N) is 1. The van der Waals surface area contributed by atoms with Crippen LogP contribution in [0.1, 0.15) is 35.3 Å². The first-order valence-corrected chi connectivity index (χ1v) is 13.7. The van der Waals surface area contributed by atoms with Crippen molar-refractivity contribution in [3.8, 4) is 23.0 Å². The van der Waals surface area contributed by atoms with Gasteiger partial charge < -0.3 is 33.7 Å². The number of fused-ring (bicyclic) bond motifs is 4. The monoisotopic (exact) mass is 555 g/mol. The second-order valence-electron chi connectivity index (χ2n) is 10.2. The number of hydrogen-bond donors (Lipinski definition) is 1. The fraction of sp³-hybridized carbons (Fsp3) is 0.312. The Hall–Kier alpha value is -4.66. The Morgan fingerprint density at radius 1 is 0.902 bits per heavy atom. The number of hydrogen-bond acceptors (Lipinski definition) is 6. The van der Waals surface area contributed by atoms with Gasteiger partial charge >= 0.3 is 0 Å². The van der Waals surface area contributed by atoms with E-state index in [1.807, 2.05) is 61.5 Å². The van der Waals surface area contributed by atoms with Crippen molar-refractivity contribution in [3.63, 3.8) is 0 Å². The minimum atomic E-state index is -0.662. The van der Waals surface area contributed by atoms with E-state index in [9.17, 15) is 9.59 Å². The molecule has 2 unspecified atom stereocenters. The molecule has 212 valence electrons. The number of rotatable bonds is 8. The zero-order chi connectivity index (χ0) is 28.7. The normalized spacial score (nSPS) is 18.2.